The Balaban J connectivity index is 1.73. The molecule has 0 aliphatic heterocycles. The van der Waals surface area contributed by atoms with Crippen molar-refractivity contribution in [3.63, 3.8) is 0 Å². The minimum atomic E-state index is 1.16. The van der Waals surface area contributed by atoms with Crippen LogP contribution in [0.2, 0.25) is 0 Å². The fraction of sp³-hybridized carbons (Fsp3) is 0.200. The summed E-state index contributed by atoms with van der Waals surface area (Å²) in [7, 11) is 0. The van der Waals surface area contributed by atoms with Gasteiger partial charge in [0.2, 0.25) is 0 Å². The van der Waals surface area contributed by atoms with Crippen LogP contribution in [0.25, 0.3) is 0 Å². The van der Waals surface area contributed by atoms with Crippen LogP contribution in [0, 0.1) is 0 Å². The predicted octanol–water partition coefficient (Wildman–Crippen LogP) is 5.17. The average Bonchev–Trinajstić information content (AvgIpc) is 2.36. The molecule has 0 N–H and O–H groups in total. The van der Waals surface area contributed by atoms with E-state index in [9.17, 15) is 0 Å². The monoisotopic (exact) mass is 306 g/mol. The van der Waals surface area contributed by atoms with Gasteiger partial charge in [-0.3, -0.25) is 0 Å². The summed E-state index contributed by atoms with van der Waals surface area (Å²) in [5, 5.41) is 0. The standard InChI is InChI=1S/C15H15BrS/c16-14-9-4-10-15(12-14)17-11-5-8-13-6-2-1-3-7-13/h1-4,6-7,9-10,12H,5,8,11H2. The molecular formula is C15H15BrS. The lowest BCUT2D eigenvalue weighted by Gasteiger charge is -2.02. The second-order valence-corrected chi connectivity index (χ2v) is 5.98. The third kappa shape index (κ3) is 4.57. The maximum atomic E-state index is 3.49. The van der Waals surface area contributed by atoms with Crippen LogP contribution in [-0.2, 0) is 6.42 Å². The van der Waals surface area contributed by atoms with E-state index in [2.05, 4.69) is 70.5 Å². The highest BCUT2D eigenvalue weighted by atomic mass is 79.9. The molecule has 88 valence electrons. The number of rotatable bonds is 5. The van der Waals surface area contributed by atoms with Crippen molar-refractivity contribution in [3.8, 4) is 0 Å². The molecule has 0 heterocycles. The summed E-state index contributed by atoms with van der Waals surface area (Å²) < 4.78 is 1.16. The Bertz CT molecular complexity index is 453. The number of halogens is 1. The van der Waals surface area contributed by atoms with E-state index in [1.807, 2.05) is 11.8 Å². The van der Waals surface area contributed by atoms with Crippen LogP contribution >= 0.6 is 27.7 Å². The number of hydrogen-bond acceptors (Lipinski definition) is 1. The van der Waals surface area contributed by atoms with Crippen LogP contribution in [0.1, 0.15) is 12.0 Å². The summed E-state index contributed by atoms with van der Waals surface area (Å²) in [4.78, 5) is 1.34. The van der Waals surface area contributed by atoms with Gasteiger partial charge in [0, 0.05) is 9.37 Å². The molecule has 0 unspecified atom stereocenters. The zero-order valence-corrected chi connectivity index (χ0v) is 12.0. The normalized spacial score (nSPS) is 10.4. The first-order valence-electron chi connectivity index (χ1n) is 5.77. The summed E-state index contributed by atoms with van der Waals surface area (Å²) >= 11 is 5.42. The Kier molecular flexibility index (Phi) is 5.14. The van der Waals surface area contributed by atoms with Crippen LogP contribution in [0.4, 0.5) is 0 Å². The van der Waals surface area contributed by atoms with Gasteiger partial charge in [-0.15, -0.1) is 11.8 Å². The van der Waals surface area contributed by atoms with E-state index in [0.29, 0.717) is 0 Å². The first-order chi connectivity index (χ1) is 8.34. The molecule has 2 aromatic carbocycles. The highest BCUT2D eigenvalue weighted by molar-refractivity contribution is 9.10. The van der Waals surface area contributed by atoms with E-state index in [1.54, 1.807) is 0 Å². The molecular weight excluding hydrogens is 292 g/mol. The van der Waals surface area contributed by atoms with Crippen molar-refractivity contribution in [2.75, 3.05) is 5.75 Å². The van der Waals surface area contributed by atoms with Crippen molar-refractivity contribution in [2.45, 2.75) is 17.7 Å². The van der Waals surface area contributed by atoms with Gasteiger partial charge in [0.25, 0.3) is 0 Å². The van der Waals surface area contributed by atoms with Crippen molar-refractivity contribution < 1.29 is 0 Å². The number of benzene rings is 2. The molecule has 0 radical (unpaired) electrons. The Morgan fingerprint density at radius 3 is 2.53 bits per heavy atom. The Morgan fingerprint density at radius 2 is 1.76 bits per heavy atom. The number of aryl methyl sites for hydroxylation is 1. The fourth-order valence-electron chi connectivity index (χ4n) is 1.67. The van der Waals surface area contributed by atoms with E-state index in [1.165, 1.54) is 29.1 Å². The highest BCUT2D eigenvalue weighted by Gasteiger charge is 1.96. The van der Waals surface area contributed by atoms with Crippen molar-refractivity contribution >= 4 is 27.7 Å². The Morgan fingerprint density at radius 1 is 0.941 bits per heavy atom. The molecule has 0 atom stereocenters. The molecule has 0 aromatic heterocycles. The van der Waals surface area contributed by atoms with E-state index in [0.717, 1.165) is 4.47 Å². The maximum Gasteiger partial charge on any atom is 0.0186 e. The van der Waals surface area contributed by atoms with Gasteiger partial charge in [-0.1, -0.05) is 52.3 Å². The van der Waals surface area contributed by atoms with Crippen LogP contribution in [-0.4, -0.2) is 5.75 Å². The topological polar surface area (TPSA) is 0 Å². The predicted molar refractivity (Wildman–Crippen MR) is 79.6 cm³/mol. The van der Waals surface area contributed by atoms with E-state index < -0.39 is 0 Å². The van der Waals surface area contributed by atoms with Crippen LogP contribution < -0.4 is 0 Å². The fourth-order valence-corrected chi connectivity index (χ4v) is 3.13. The Labute approximate surface area is 116 Å². The third-order valence-electron chi connectivity index (χ3n) is 2.52. The maximum absolute atomic E-state index is 3.49. The zero-order valence-electron chi connectivity index (χ0n) is 9.60. The Hall–Kier alpha value is -0.730. The molecule has 2 heteroatoms. The summed E-state index contributed by atoms with van der Waals surface area (Å²) in [6.07, 6.45) is 2.39. The largest absolute Gasteiger partial charge is 0.126 e. The third-order valence-corrected chi connectivity index (χ3v) is 4.09. The zero-order chi connectivity index (χ0) is 11.9. The highest BCUT2D eigenvalue weighted by Crippen LogP contribution is 2.22. The summed E-state index contributed by atoms with van der Waals surface area (Å²) in [6, 6.07) is 19.2. The van der Waals surface area contributed by atoms with E-state index >= 15 is 0 Å². The van der Waals surface area contributed by atoms with Gasteiger partial charge < -0.3 is 0 Å². The molecule has 0 saturated carbocycles. The van der Waals surface area contributed by atoms with Gasteiger partial charge in [-0.25, -0.2) is 0 Å². The van der Waals surface area contributed by atoms with Gasteiger partial charge in [-0.2, -0.15) is 0 Å². The molecule has 0 saturated heterocycles. The summed E-state index contributed by atoms with van der Waals surface area (Å²) in [5.41, 5.74) is 1.43. The van der Waals surface area contributed by atoms with E-state index in [4.69, 9.17) is 0 Å². The lowest BCUT2D eigenvalue weighted by atomic mass is 10.1. The van der Waals surface area contributed by atoms with Crippen molar-refractivity contribution in [3.05, 3.63) is 64.6 Å². The minimum absolute atomic E-state index is 1.16. The number of thioether (sulfide) groups is 1. The molecule has 0 fully saturated rings. The first-order valence-corrected chi connectivity index (χ1v) is 7.55. The molecule has 0 bridgehead atoms. The molecule has 17 heavy (non-hydrogen) atoms. The van der Waals surface area contributed by atoms with Crippen molar-refractivity contribution in [1.82, 2.24) is 0 Å². The lowest BCUT2D eigenvalue weighted by molar-refractivity contribution is 0.933. The SMILES string of the molecule is Brc1cccc(SCCCc2ccccc2)c1. The molecule has 0 spiro atoms. The first kappa shape index (κ1) is 12.7. The average molecular weight is 307 g/mol. The summed E-state index contributed by atoms with van der Waals surface area (Å²) in [5.74, 6) is 1.17. The second kappa shape index (κ2) is 6.87. The van der Waals surface area contributed by atoms with Gasteiger partial charge in [0.05, 0.1) is 0 Å². The minimum Gasteiger partial charge on any atom is -0.126 e. The molecule has 0 amide bonds. The second-order valence-electron chi connectivity index (χ2n) is 3.89. The molecule has 0 nitrogen and oxygen atoms in total. The number of hydrogen-bond donors (Lipinski definition) is 0. The molecule has 0 aliphatic carbocycles. The van der Waals surface area contributed by atoms with Crippen molar-refractivity contribution in [2.24, 2.45) is 0 Å². The van der Waals surface area contributed by atoms with Gasteiger partial charge >= 0.3 is 0 Å². The lowest BCUT2D eigenvalue weighted by Crippen LogP contribution is -1.87. The van der Waals surface area contributed by atoms with Gasteiger partial charge in [0.15, 0.2) is 0 Å². The van der Waals surface area contributed by atoms with Gasteiger partial charge in [-0.05, 0) is 42.4 Å². The summed E-state index contributed by atoms with van der Waals surface area (Å²) in [6.45, 7) is 0. The molecule has 2 rings (SSSR count). The molecule has 2 aromatic rings. The van der Waals surface area contributed by atoms with Crippen LogP contribution in [0.15, 0.2) is 64.0 Å². The van der Waals surface area contributed by atoms with Crippen LogP contribution in [0.3, 0.4) is 0 Å². The van der Waals surface area contributed by atoms with Gasteiger partial charge in [0.1, 0.15) is 0 Å². The molecule has 0 aliphatic rings. The van der Waals surface area contributed by atoms with E-state index in [-0.39, 0.29) is 0 Å². The smallest absolute Gasteiger partial charge is 0.0186 e. The van der Waals surface area contributed by atoms with Crippen molar-refractivity contribution in [1.29, 1.82) is 0 Å². The van der Waals surface area contributed by atoms with Crippen LogP contribution in [0.5, 0.6) is 0 Å². The quantitative estimate of drug-likeness (QED) is 0.542.